The maximum atomic E-state index is 12.2. The van der Waals surface area contributed by atoms with E-state index in [9.17, 15) is 17.1 Å². The van der Waals surface area contributed by atoms with E-state index in [4.69, 9.17) is 4.43 Å². The van der Waals surface area contributed by atoms with E-state index < -0.39 is 30.3 Å². The first-order valence-electron chi connectivity index (χ1n) is 4.92. The molecule has 7 heteroatoms. The Balaban J connectivity index is 4.50. The molecule has 0 rings (SSSR count). The van der Waals surface area contributed by atoms with Gasteiger partial charge in [0.2, 0.25) is 0 Å². The van der Waals surface area contributed by atoms with Crippen LogP contribution in [0.2, 0.25) is 18.1 Å². The maximum Gasteiger partial charge on any atom is 0.313 e. The summed E-state index contributed by atoms with van der Waals surface area (Å²) in [6.07, 6.45) is 0. The zero-order valence-electron chi connectivity index (χ0n) is 9.25. The molecule has 4 nitrogen and oxygen atoms in total. The molecule has 0 N–H and O–H groups in total. The molecule has 0 atom stereocenters. The lowest BCUT2D eigenvalue weighted by Gasteiger charge is -2.27. The van der Waals surface area contributed by atoms with Gasteiger partial charge in [-0.3, -0.25) is 4.79 Å². The predicted molar refractivity (Wildman–Crippen MR) is 58.2 cm³/mol. The third kappa shape index (κ3) is 5.27. The Bertz CT molecular complexity index is 302. The van der Waals surface area contributed by atoms with Gasteiger partial charge in [-0.25, -0.2) is 0 Å². The molecule has 0 spiro atoms. The maximum absolute atomic E-state index is 12.2. The lowest BCUT2D eigenvalue weighted by atomic mass is 10.8. The molecule has 0 radical (unpaired) electrons. The zero-order chi connectivity index (χ0) is 12.1. The fourth-order valence-electron chi connectivity index (χ4n) is 1.38. The van der Waals surface area contributed by atoms with Gasteiger partial charge in [0.05, 0.1) is 0 Å². The van der Waals surface area contributed by atoms with Gasteiger partial charge >= 0.3 is 16.2 Å². The van der Waals surface area contributed by atoms with E-state index in [2.05, 4.69) is 0 Å². The van der Waals surface area contributed by atoms with Gasteiger partial charge in [-0.05, 0) is 18.1 Å². The molecule has 15 heavy (non-hydrogen) atoms. The van der Waals surface area contributed by atoms with Crippen LogP contribution in [-0.2, 0) is 19.4 Å². The van der Waals surface area contributed by atoms with E-state index in [0.717, 1.165) is 18.1 Å². The first-order valence-corrected chi connectivity index (χ1v) is 9.01. The molecule has 90 valence electrons. The van der Waals surface area contributed by atoms with Crippen molar-refractivity contribution in [3.05, 3.63) is 0 Å². The van der Waals surface area contributed by atoms with Crippen molar-refractivity contribution in [2.24, 2.45) is 0 Å². The Labute approximate surface area is 91.2 Å². The number of carbonyl (C=O) groups is 1. The molecule has 0 bridgehead atoms. The number of carbonyl (C=O) groups excluding carboxylic acids is 1. The van der Waals surface area contributed by atoms with Crippen LogP contribution in [0.25, 0.3) is 0 Å². The van der Waals surface area contributed by atoms with Gasteiger partial charge in [0.1, 0.15) is 0 Å². The Kier molecular flexibility index (Phi) is 5.43. The molecule has 0 aliphatic rings. The van der Waals surface area contributed by atoms with Crippen molar-refractivity contribution >= 4 is 24.5 Å². The lowest BCUT2D eigenvalue weighted by Crippen LogP contribution is -2.39. The second-order valence-electron chi connectivity index (χ2n) is 3.40. The minimum absolute atomic E-state index is 0.720. The topological polar surface area (TPSA) is 60.4 Å². The number of rotatable bonds is 6. The largest absolute Gasteiger partial charge is 0.518 e. The van der Waals surface area contributed by atoms with Crippen LogP contribution in [0.5, 0.6) is 0 Å². The van der Waals surface area contributed by atoms with Crippen LogP contribution in [0.1, 0.15) is 20.8 Å². The molecule has 0 aromatic rings. The Morgan fingerprint density at radius 1 is 1.20 bits per heavy atom. The summed E-state index contributed by atoms with van der Waals surface area (Å²) in [4.78, 5) is 11.1. The molecule has 0 fully saturated rings. The van der Waals surface area contributed by atoms with Crippen LogP contribution in [0, 0.1) is 0 Å². The molecule has 0 aromatic heterocycles. The summed E-state index contributed by atoms with van der Waals surface area (Å²) in [5, 5.41) is 0. The molecule has 0 saturated carbocycles. The van der Waals surface area contributed by atoms with Crippen molar-refractivity contribution in [2.75, 3.05) is 5.75 Å². The summed E-state index contributed by atoms with van der Waals surface area (Å²) in [7, 11) is -6.93. The quantitative estimate of drug-likeness (QED) is 0.537. The minimum Gasteiger partial charge on any atom is -0.518 e. The van der Waals surface area contributed by atoms with E-state index in [-0.39, 0.29) is 0 Å². The van der Waals surface area contributed by atoms with Crippen molar-refractivity contribution in [3.63, 3.8) is 0 Å². The Morgan fingerprint density at radius 2 is 1.60 bits per heavy atom. The van der Waals surface area contributed by atoms with Crippen molar-refractivity contribution in [1.29, 1.82) is 0 Å². The third-order valence-corrected chi connectivity index (χ3v) is 7.66. The second kappa shape index (κ2) is 5.60. The zero-order valence-corrected chi connectivity index (χ0v) is 11.1. The van der Waals surface area contributed by atoms with E-state index in [1.807, 2.05) is 20.8 Å². The second-order valence-corrected chi connectivity index (χ2v) is 9.46. The molecule has 0 unspecified atom stereocenters. The fourth-order valence-corrected chi connectivity index (χ4v) is 4.31. The minimum atomic E-state index is -4.77. The first kappa shape index (κ1) is 14.6. The standard InChI is InChI=1S/C8H17FO4SSi/c1-4-15(5-2,6-3)13-8(10)7-14(9,11)12/h4-7H2,1-3H3. The molecule has 0 heterocycles. The SMILES string of the molecule is CC[Si](CC)(CC)OC(=O)CS(=O)(=O)F. The normalized spacial score (nSPS) is 12.5. The summed E-state index contributed by atoms with van der Waals surface area (Å²) in [5.41, 5.74) is 0. The Morgan fingerprint density at radius 3 is 1.87 bits per heavy atom. The van der Waals surface area contributed by atoms with Crippen LogP contribution >= 0.6 is 0 Å². The molecular weight excluding hydrogens is 239 g/mol. The first-order chi connectivity index (χ1) is 6.78. The summed E-state index contributed by atoms with van der Waals surface area (Å²) < 4.78 is 37.8. The van der Waals surface area contributed by atoms with Crippen LogP contribution in [0.3, 0.4) is 0 Å². The van der Waals surface area contributed by atoms with Gasteiger partial charge < -0.3 is 4.43 Å². The van der Waals surface area contributed by atoms with Crippen LogP contribution in [0.15, 0.2) is 0 Å². The van der Waals surface area contributed by atoms with Crippen LogP contribution < -0.4 is 0 Å². The van der Waals surface area contributed by atoms with Crippen LogP contribution in [-0.4, -0.2) is 28.5 Å². The monoisotopic (exact) mass is 256 g/mol. The van der Waals surface area contributed by atoms with E-state index in [0.29, 0.717) is 0 Å². The average Bonchev–Trinajstić information content (AvgIpc) is 2.11. The van der Waals surface area contributed by atoms with E-state index in [1.165, 1.54) is 0 Å². The van der Waals surface area contributed by atoms with Crippen LogP contribution in [0.4, 0.5) is 3.89 Å². The van der Waals surface area contributed by atoms with Gasteiger partial charge in [0, 0.05) is 0 Å². The van der Waals surface area contributed by atoms with Gasteiger partial charge in [-0.2, -0.15) is 8.42 Å². The molecule has 0 saturated heterocycles. The van der Waals surface area contributed by atoms with Crippen molar-refractivity contribution in [2.45, 2.75) is 38.9 Å². The number of hydrogen-bond donors (Lipinski definition) is 0. The highest BCUT2D eigenvalue weighted by Gasteiger charge is 2.33. The summed E-state index contributed by atoms with van der Waals surface area (Å²) in [5.74, 6) is -2.13. The Hall–Kier alpha value is -0.433. The summed E-state index contributed by atoms with van der Waals surface area (Å²) >= 11 is 0. The number of halogens is 1. The predicted octanol–water partition coefficient (Wildman–Crippen LogP) is 1.83. The highest BCUT2D eigenvalue weighted by Crippen LogP contribution is 2.21. The number of hydrogen-bond acceptors (Lipinski definition) is 4. The summed E-state index contributed by atoms with van der Waals surface area (Å²) in [6, 6.07) is 2.16. The molecule has 0 amide bonds. The highest BCUT2D eigenvalue weighted by atomic mass is 32.3. The third-order valence-electron chi connectivity index (χ3n) is 2.55. The van der Waals surface area contributed by atoms with Crippen molar-refractivity contribution < 1.29 is 21.5 Å². The van der Waals surface area contributed by atoms with Gasteiger partial charge in [-0.1, -0.05) is 20.8 Å². The molecule has 0 aliphatic carbocycles. The van der Waals surface area contributed by atoms with Crippen molar-refractivity contribution in [1.82, 2.24) is 0 Å². The fraction of sp³-hybridized carbons (Fsp3) is 0.875. The van der Waals surface area contributed by atoms with Crippen molar-refractivity contribution in [3.8, 4) is 0 Å². The van der Waals surface area contributed by atoms with Gasteiger partial charge in [0.25, 0.3) is 8.32 Å². The lowest BCUT2D eigenvalue weighted by molar-refractivity contribution is -0.132. The van der Waals surface area contributed by atoms with Gasteiger partial charge in [-0.15, -0.1) is 3.89 Å². The molecular formula is C8H17FO4SSi. The average molecular weight is 256 g/mol. The van der Waals surface area contributed by atoms with E-state index >= 15 is 0 Å². The smallest absolute Gasteiger partial charge is 0.313 e. The van der Waals surface area contributed by atoms with E-state index in [1.54, 1.807) is 0 Å². The summed E-state index contributed by atoms with van der Waals surface area (Å²) in [6.45, 7) is 5.70. The molecule has 0 aromatic carbocycles. The molecule has 0 aliphatic heterocycles. The van der Waals surface area contributed by atoms with Gasteiger partial charge in [0.15, 0.2) is 5.75 Å². The highest BCUT2D eigenvalue weighted by molar-refractivity contribution is 7.87.